The molecule has 4 atom stereocenters. The molecular formula is C15H14NO5-. The van der Waals surface area contributed by atoms with Crippen molar-refractivity contribution in [2.45, 2.75) is 12.2 Å². The Bertz CT molecular complexity index is 612. The van der Waals surface area contributed by atoms with E-state index < -0.39 is 35.9 Å². The van der Waals surface area contributed by atoms with E-state index in [0.29, 0.717) is 11.4 Å². The minimum absolute atomic E-state index is 0.394. The minimum Gasteiger partial charge on any atom is -0.550 e. The zero-order valence-electron chi connectivity index (χ0n) is 11.3. The van der Waals surface area contributed by atoms with Gasteiger partial charge >= 0.3 is 0 Å². The molecule has 21 heavy (non-hydrogen) atoms. The Kier molecular flexibility index (Phi) is 3.39. The maximum absolute atomic E-state index is 12.4. The van der Waals surface area contributed by atoms with Gasteiger partial charge in [-0.15, -0.1) is 0 Å². The SMILES string of the molecule is COc1cccc(NC(=O)[C@H]2[C@@H](C(=O)[O-])[C@@H]3C=C[C@H]2O3)c1. The zero-order valence-corrected chi connectivity index (χ0v) is 11.3. The largest absolute Gasteiger partial charge is 0.550 e. The topological polar surface area (TPSA) is 87.7 Å². The molecule has 2 aliphatic heterocycles. The summed E-state index contributed by atoms with van der Waals surface area (Å²) in [6.45, 7) is 0. The average molecular weight is 288 g/mol. The highest BCUT2D eigenvalue weighted by molar-refractivity contribution is 5.96. The van der Waals surface area contributed by atoms with E-state index in [9.17, 15) is 14.7 Å². The quantitative estimate of drug-likeness (QED) is 0.785. The monoisotopic (exact) mass is 288 g/mol. The number of carboxylic acid groups (broad SMARTS) is 1. The standard InChI is InChI=1S/C15H15NO5/c1-20-9-4-2-3-8(7-9)16-14(17)12-10-5-6-11(21-10)13(12)15(18)19/h2-7,10-13H,1H3,(H,16,17)(H,18,19)/p-1/t10-,11+,12-,13+/m1/s1. The molecule has 2 bridgehead atoms. The zero-order chi connectivity index (χ0) is 15.0. The predicted molar refractivity (Wildman–Crippen MR) is 71.4 cm³/mol. The summed E-state index contributed by atoms with van der Waals surface area (Å²) in [5.41, 5.74) is 0.545. The highest BCUT2D eigenvalue weighted by Gasteiger charge is 2.50. The predicted octanol–water partition coefficient (Wildman–Crippen LogP) is -0.0468. The number of fused-ring (bicyclic) bond motifs is 2. The van der Waals surface area contributed by atoms with Crippen LogP contribution in [0.1, 0.15) is 0 Å². The fourth-order valence-corrected chi connectivity index (χ4v) is 2.83. The van der Waals surface area contributed by atoms with Crippen molar-refractivity contribution in [1.29, 1.82) is 0 Å². The van der Waals surface area contributed by atoms with Gasteiger partial charge in [0.25, 0.3) is 0 Å². The van der Waals surface area contributed by atoms with Crippen LogP contribution >= 0.6 is 0 Å². The second-order valence-corrected chi connectivity index (χ2v) is 5.04. The van der Waals surface area contributed by atoms with Gasteiger partial charge in [-0.3, -0.25) is 4.79 Å². The van der Waals surface area contributed by atoms with Gasteiger partial charge in [0.05, 0.1) is 25.2 Å². The maximum Gasteiger partial charge on any atom is 0.231 e. The fourth-order valence-electron chi connectivity index (χ4n) is 2.83. The molecule has 0 unspecified atom stereocenters. The van der Waals surface area contributed by atoms with E-state index in [4.69, 9.17) is 9.47 Å². The number of rotatable bonds is 4. The normalized spacial score (nSPS) is 29.4. The van der Waals surface area contributed by atoms with E-state index >= 15 is 0 Å². The number of methoxy groups -OCH3 is 1. The highest BCUT2D eigenvalue weighted by atomic mass is 16.5. The van der Waals surface area contributed by atoms with Crippen molar-refractivity contribution in [1.82, 2.24) is 0 Å². The number of nitrogens with one attached hydrogen (secondary N) is 1. The number of carbonyl (C=O) groups excluding carboxylic acids is 2. The Morgan fingerprint density at radius 3 is 2.62 bits per heavy atom. The summed E-state index contributed by atoms with van der Waals surface area (Å²) in [5, 5.41) is 13.9. The lowest BCUT2D eigenvalue weighted by Crippen LogP contribution is -2.45. The van der Waals surface area contributed by atoms with Gasteiger partial charge in [0, 0.05) is 23.6 Å². The number of carboxylic acids is 1. The van der Waals surface area contributed by atoms with Gasteiger partial charge in [0.15, 0.2) is 0 Å². The molecule has 110 valence electrons. The number of anilines is 1. The summed E-state index contributed by atoms with van der Waals surface area (Å²) in [6.07, 6.45) is 2.30. The first-order valence-electron chi connectivity index (χ1n) is 6.59. The molecule has 2 aliphatic rings. The van der Waals surface area contributed by atoms with Crippen molar-refractivity contribution in [2.24, 2.45) is 11.8 Å². The molecule has 1 aromatic rings. The van der Waals surface area contributed by atoms with E-state index in [2.05, 4.69) is 5.32 Å². The Morgan fingerprint density at radius 1 is 1.24 bits per heavy atom. The van der Waals surface area contributed by atoms with Crippen molar-refractivity contribution >= 4 is 17.6 Å². The van der Waals surface area contributed by atoms with Crippen molar-refractivity contribution in [3.8, 4) is 5.75 Å². The molecule has 0 aromatic heterocycles. The molecule has 0 saturated carbocycles. The number of ether oxygens (including phenoxy) is 2. The molecule has 1 amide bonds. The maximum atomic E-state index is 12.4. The third-order valence-electron chi connectivity index (χ3n) is 3.81. The van der Waals surface area contributed by atoms with Crippen LogP contribution in [-0.4, -0.2) is 31.2 Å². The number of hydrogen-bond acceptors (Lipinski definition) is 5. The molecule has 0 aliphatic carbocycles. The summed E-state index contributed by atoms with van der Waals surface area (Å²) >= 11 is 0. The number of benzene rings is 1. The average Bonchev–Trinajstić information content (AvgIpc) is 3.07. The Hall–Kier alpha value is -2.34. The number of amides is 1. The van der Waals surface area contributed by atoms with Crippen LogP contribution < -0.4 is 15.2 Å². The first-order chi connectivity index (χ1) is 10.1. The van der Waals surface area contributed by atoms with Gasteiger partial charge in [-0.2, -0.15) is 0 Å². The van der Waals surface area contributed by atoms with Crippen LogP contribution in [0.4, 0.5) is 5.69 Å². The van der Waals surface area contributed by atoms with E-state index in [0.717, 1.165) is 0 Å². The van der Waals surface area contributed by atoms with Gasteiger partial charge < -0.3 is 24.7 Å². The fraction of sp³-hybridized carbons (Fsp3) is 0.333. The first kappa shape index (κ1) is 13.6. The Morgan fingerprint density at radius 2 is 1.95 bits per heavy atom. The van der Waals surface area contributed by atoms with Crippen LogP contribution in [0.3, 0.4) is 0 Å². The second-order valence-electron chi connectivity index (χ2n) is 5.04. The number of carbonyl (C=O) groups is 2. The third kappa shape index (κ3) is 2.38. The molecule has 2 heterocycles. The van der Waals surface area contributed by atoms with E-state index in [1.54, 1.807) is 36.4 Å². The molecule has 0 spiro atoms. The number of aliphatic carboxylic acids is 1. The van der Waals surface area contributed by atoms with Crippen LogP contribution in [0.15, 0.2) is 36.4 Å². The van der Waals surface area contributed by atoms with Crippen LogP contribution in [0.25, 0.3) is 0 Å². The van der Waals surface area contributed by atoms with Crippen LogP contribution in [0.5, 0.6) is 5.75 Å². The molecule has 1 saturated heterocycles. The highest BCUT2D eigenvalue weighted by Crippen LogP contribution is 2.39. The van der Waals surface area contributed by atoms with Crippen molar-refractivity contribution in [3.63, 3.8) is 0 Å². The smallest absolute Gasteiger partial charge is 0.231 e. The molecular weight excluding hydrogens is 274 g/mol. The second kappa shape index (κ2) is 5.21. The molecule has 1 fully saturated rings. The van der Waals surface area contributed by atoms with Gasteiger partial charge in [0.1, 0.15) is 5.75 Å². The minimum atomic E-state index is -1.27. The van der Waals surface area contributed by atoms with Crippen molar-refractivity contribution in [3.05, 3.63) is 36.4 Å². The number of hydrogen-bond donors (Lipinski definition) is 1. The van der Waals surface area contributed by atoms with Gasteiger partial charge in [0.2, 0.25) is 5.91 Å². The van der Waals surface area contributed by atoms with Crippen LogP contribution in [-0.2, 0) is 14.3 Å². The molecule has 1 N–H and O–H groups in total. The Labute approximate surface area is 121 Å². The van der Waals surface area contributed by atoms with Gasteiger partial charge in [-0.05, 0) is 12.1 Å². The summed E-state index contributed by atoms with van der Waals surface area (Å²) in [5.74, 6) is -2.79. The van der Waals surface area contributed by atoms with Gasteiger partial charge in [-0.1, -0.05) is 18.2 Å². The lowest BCUT2D eigenvalue weighted by Gasteiger charge is -2.25. The van der Waals surface area contributed by atoms with Crippen molar-refractivity contribution < 1.29 is 24.2 Å². The summed E-state index contributed by atoms with van der Waals surface area (Å²) in [4.78, 5) is 23.6. The first-order valence-corrected chi connectivity index (χ1v) is 6.59. The summed E-state index contributed by atoms with van der Waals surface area (Å²) in [6, 6.07) is 6.86. The Balaban J connectivity index is 1.78. The van der Waals surface area contributed by atoms with Gasteiger partial charge in [-0.25, -0.2) is 0 Å². The molecule has 6 heteroatoms. The lowest BCUT2D eigenvalue weighted by atomic mass is 9.82. The molecule has 3 rings (SSSR count). The van der Waals surface area contributed by atoms with Crippen LogP contribution in [0, 0.1) is 11.8 Å². The van der Waals surface area contributed by atoms with Crippen LogP contribution in [0.2, 0.25) is 0 Å². The third-order valence-corrected chi connectivity index (χ3v) is 3.81. The molecule has 6 nitrogen and oxygen atoms in total. The lowest BCUT2D eigenvalue weighted by molar-refractivity contribution is -0.313. The van der Waals surface area contributed by atoms with Crippen molar-refractivity contribution in [2.75, 3.05) is 12.4 Å². The summed E-state index contributed by atoms with van der Waals surface area (Å²) in [7, 11) is 1.53. The van der Waals surface area contributed by atoms with E-state index in [1.807, 2.05) is 0 Å². The molecule has 1 aromatic carbocycles. The van der Waals surface area contributed by atoms with E-state index in [-0.39, 0.29) is 0 Å². The molecule has 0 radical (unpaired) electrons. The summed E-state index contributed by atoms with van der Waals surface area (Å²) < 4.78 is 10.5. The van der Waals surface area contributed by atoms with E-state index in [1.165, 1.54) is 7.11 Å².